The highest BCUT2D eigenvalue weighted by atomic mass is 32.2. The summed E-state index contributed by atoms with van der Waals surface area (Å²) in [6, 6.07) is 13.4. The summed E-state index contributed by atoms with van der Waals surface area (Å²) in [4.78, 5) is 23.9. The Kier molecular flexibility index (Phi) is 7.29. The Labute approximate surface area is 182 Å². The lowest BCUT2D eigenvalue weighted by molar-refractivity contribution is -0.126. The van der Waals surface area contributed by atoms with Gasteiger partial charge in [-0.2, -0.15) is 4.31 Å². The largest absolute Gasteiger partial charge is 0.497 e. The number of anilines is 1. The van der Waals surface area contributed by atoms with Crippen LogP contribution in [0.25, 0.3) is 0 Å². The highest BCUT2D eigenvalue weighted by Gasteiger charge is 2.33. The number of carbonyl (C=O) groups excluding carboxylic acids is 2. The number of hydrogen-bond acceptors (Lipinski definition) is 5. The highest BCUT2D eigenvalue weighted by molar-refractivity contribution is 7.89. The number of hydrogen-bond donors (Lipinski definition) is 2. The number of nitrogens with one attached hydrogen (secondary N) is 2. The minimum atomic E-state index is -3.72. The Morgan fingerprint density at radius 2 is 1.77 bits per heavy atom. The molecule has 2 aromatic carbocycles. The molecule has 1 atom stereocenters. The average Bonchev–Trinajstić information content (AvgIpc) is 2.78. The van der Waals surface area contributed by atoms with Gasteiger partial charge in [0.15, 0.2) is 0 Å². The van der Waals surface area contributed by atoms with Gasteiger partial charge in [0.2, 0.25) is 21.8 Å². The van der Waals surface area contributed by atoms with E-state index in [1.807, 2.05) is 24.3 Å². The van der Waals surface area contributed by atoms with Gasteiger partial charge in [0.05, 0.1) is 17.9 Å². The van der Waals surface area contributed by atoms with Crippen LogP contribution < -0.4 is 15.4 Å². The second kappa shape index (κ2) is 9.93. The topological polar surface area (TPSA) is 105 Å². The van der Waals surface area contributed by atoms with E-state index < -0.39 is 15.9 Å². The van der Waals surface area contributed by atoms with Crippen molar-refractivity contribution < 1.29 is 22.7 Å². The van der Waals surface area contributed by atoms with Crippen molar-refractivity contribution in [3.8, 4) is 5.75 Å². The summed E-state index contributed by atoms with van der Waals surface area (Å²) in [5.41, 5.74) is 1.47. The van der Waals surface area contributed by atoms with Gasteiger partial charge in [-0.1, -0.05) is 12.1 Å². The molecule has 9 heteroatoms. The van der Waals surface area contributed by atoms with Gasteiger partial charge in [0.25, 0.3) is 0 Å². The minimum absolute atomic E-state index is 0.140. The molecular formula is C22H27N3O5S. The molecule has 1 aliphatic rings. The monoisotopic (exact) mass is 445 g/mol. The summed E-state index contributed by atoms with van der Waals surface area (Å²) in [7, 11) is -2.13. The van der Waals surface area contributed by atoms with E-state index in [1.54, 1.807) is 19.2 Å². The molecule has 1 aliphatic heterocycles. The summed E-state index contributed by atoms with van der Waals surface area (Å²) in [5, 5.41) is 5.51. The number of rotatable bonds is 7. The summed E-state index contributed by atoms with van der Waals surface area (Å²) < 4.78 is 32.5. The van der Waals surface area contributed by atoms with Crippen LogP contribution in [0.3, 0.4) is 0 Å². The normalized spacial score (nSPS) is 17.0. The van der Waals surface area contributed by atoms with Crippen LogP contribution in [0.4, 0.5) is 5.69 Å². The van der Waals surface area contributed by atoms with E-state index in [0.717, 1.165) is 11.3 Å². The molecule has 1 saturated heterocycles. The summed E-state index contributed by atoms with van der Waals surface area (Å²) in [6.45, 7) is 2.27. The fourth-order valence-corrected chi connectivity index (χ4v) is 5.04. The zero-order valence-electron chi connectivity index (χ0n) is 17.6. The van der Waals surface area contributed by atoms with Crippen LogP contribution in [0, 0.1) is 5.92 Å². The molecule has 0 bridgehead atoms. The quantitative estimate of drug-likeness (QED) is 0.681. The number of benzene rings is 2. The van der Waals surface area contributed by atoms with E-state index in [9.17, 15) is 18.0 Å². The first kappa shape index (κ1) is 22.8. The van der Waals surface area contributed by atoms with E-state index in [0.29, 0.717) is 31.6 Å². The second-order valence-electron chi connectivity index (χ2n) is 7.47. The van der Waals surface area contributed by atoms with Gasteiger partial charge in [0, 0.05) is 32.2 Å². The molecule has 1 fully saturated rings. The lowest BCUT2D eigenvalue weighted by Crippen LogP contribution is -2.45. The van der Waals surface area contributed by atoms with Crippen molar-refractivity contribution in [2.75, 3.05) is 25.5 Å². The van der Waals surface area contributed by atoms with Crippen LogP contribution in [-0.4, -0.2) is 44.7 Å². The molecule has 31 heavy (non-hydrogen) atoms. The van der Waals surface area contributed by atoms with Crippen molar-refractivity contribution in [2.24, 2.45) is 5.92 Å². The van der Waals surface area contributed by atoms with Gasteiger partial charge in [-0.25, -0.2) is 8.42 Å². The molecular weight excluding hydrogens is 418 g/mol. The predicted octanol–water partition coefficient (Wildman–Crippen LogP) is 2.37. The van der Waals surface area contributed by atoms with Gasteiger partial charge < -0.3 is 15.4 Å². The molecule has 0 radical (unpaired) electrons. The standard InChI is InChI=1S/C22H27N3O5S/c1-16(26)24-19-7-11-21(12-8-19)31(28,29)25-13-3-4-18(15-25)22(27)23-14-17-5-9-20(30-2)10-6-17/h5-12,18H,3-4,13-15H2,1-2H3,(H,23,27)(H,24,26)/t18-/m0/s1. The van der Waals surface area contributed by atoms with E-state index in [1.165, 1.54) is 23.4 Å². The predicted molar refractivity (Wildman–Crippen MR) is 117 cm³/mol. The third-order valence-electron chi connectivity index (χ3n) is 5.19. The van der Waals surface area contributed by atoms with Crippen LogP contribution >= 0.6 is 0 Å². The zero-order chi connectivity index (χ0) is 22.4. The number of sulfonamides is 1. The Morgan fingerprint density at radius 1 is 1.10 bits per heavy atom. The SMILES string of the molecule is COc1ccc(CNC(=O)[C@H]2CCCN(S(=O)(=O)c3ccc(NC(C)=O)cc3)C2)cc1. The molecule has 2 N–H and O–H groups in total. The molecule has 166 valence electrons. The highest BCUT2D eigenvalue weighted by Crippen LogP contribution is 2.25. The number of amides is 2. The van der Waals surface area contributed by atoms with E-state index in [-0.39, 0.29) is 23.3 Å². The number of nitrogens with zero attached hydrogens (tertiary/aromatic N) is 1. The van der Waals surface area contributed by atoms with Crippen molar-refractivity contribution in [2.45, 2.75) is 31.2 Å². The van der Waals surface area contributed by atoms with Crippen LogP contribution in [0.5, 0.6) is 5.75 Å². The number of methoxy groups -OCH3 is 1. The van der Waals surface area contributed by atoms with Gasteiger partial charge in [-0.3, -0.25) is 9.59 Å². The molecule has 0 aromatic heterocycles. The van der Waals surface area contributed by atoms with E-state index in [2.05, 4.69) is 10.6 Å². The molecule has 3 rings (SSSR count). The fourth-order valence-electron chi connectivity index (χ4n) is 3.51. The third kappa shape index (κ3) is 5.83. The molecule has 2 amide bonds. The van der Waals surface area contributed by atoms with E-state index in [4.69, 9.17) is 4.74 Å². The molecule has 0 spiro atoms. The maximum absolute atomic E-state index is 13.0. The Bertz CT molecular complexity index is 1020. The molecule has 1 heterocycles. The molecule has 2 aromatic rings. The maximum atomic E-state index is 13.0. The molecule has 0 saturated carbocycles. The Hall–Kier alpha value is -2.91. The average molecular weight is 446 g/mol. The van der Waals surface area contributed by atoms with Crippen LogP contribution in [-0.2, 0) is 26.2 Å². The van der Waals surface area contributed by atoms with Gasteiger partial charge in [-0.05, 0) is 54.8 Å². The van der Waals surface area contributed by atoms with Gasteiger partial charge in [-0.15, -0.1) is 0 Å². The van der Waals surface area contributed by atoms with Crippen molar-refractivity contribution in [3.63, 3.8) is 0 Å². The van der Waals surface area contributed by atoms with Crippen LogP contribution in [0.1, 0.15) is 25.3 Å². The Morgan fingerprint density at radius 3 is 2.39 bits per heavy atom. The van der Waals surface area contributed by atoms with Crippen LogP contribution in [0.2, 0.25) is 0 Å². The van der Waals surface area contributed by atoms with Crippen molar-refractivity contribution in [3.05, 3.63) is 54.1 Å². The first-order valence-electron chi connectivity index (χ1n) is 10.1. The smallest absolute Gasteiger partial charge is 0.243 e. The summed E-state index contributed by atoms with van der Waals surface area (Å²) >= 11 is 0. The minimum Gasteiger partial charge on any atom is -0.497 e. The van der Waals surface area contributed by atoms with Crippen LogP contribution in [0.15, 0.2) is 53.4 Å². The maximum Gasteiger partial charge on any atom is 0.243 e. The summed E-state index contributed by atoms with van der Waals surface area (Å²) in [5.74, 6) is -0.0411. The van der Waals surface area contributed by atoms with E-state index >= 15 is 0 Å². The Balaban J connectivity index is 1.61. The number of piperidine rings is 1. The number of ether oxygens (including phenoxy) is 1. The van der Waals surface area contributed by atoms with Gasteiger partial charge >= 0.3 is 0 Å². The first-order valence-corrected chi connectivity index (χ1v) is 11.5. The third-order valence-corrected chi connectivity index (χ3v) is 7.07. The fraction of sp³-hybridized carbons (Fsp3) is 0.364. The van der Waals surface area contributed by atoms with Crippen molar-refractivity contribution in [1.29, 1.82) is 0 Å². The summed E-state index contributed by atoms with van der Waals surface area (Å²) in [6.07, 6.45) is 1.26. The molecule has 0 unspecified atom stereocenters. The number of carbonyl (C=O) groups is 2. The lowest BCUT2D eigenvalue weighted by Gasteiger charge is -2.31. The lowest BCUT2D eigenvalue weighted by atomic mass is 9.99. The molecule has 8 nitrogen and oxygen atoms in total. The van der Waals surface area contributed by atoms with Crippen molar-refractivity contribution in [1.82, 2.24) is 9.62 Å². The molecule has 0 aliphatic carbocycles. The second-order valence-corrected chi connectivity index (χ2v) is 9.41. The van der Waals surface area contributed by atoms with Gasteiger partial charge in [0.1, 0.15) is 5.75 Å². The van der Waals surface area contributed by atoms with Crippen molar-refractivity contribution >= 4 is 27.5 Å². The zero-order valence-corrected chi connectivity index (χ0v) is 18.4. The first-order chi connectivity index (χ1) is 14.8.